The second-order valence-electron chi connectivity index (χ2n) is 9.02. The van der Waals surface area contributed by atoms with Gasteiger partial charge in [-0.25, -0.2) is 4.98 Å². The van der Waals surface area contributed by atoms with E-state index in [1.807, 2.05) is 26.0 Å². The molecule has 0 fully saturated rings. The van der Waals surface area contributed by atoms with Crippen molar-refractivity contribution in [3.63, 3.8) is 0 Å². The minimum Gasteiger partial charge on any atom is -0.495 e. The van der Waals surface area contributed by atoms with Crippen LogP contribution in [-0.4, -0.2) is 73.8 Å². The Labute approximate surface area is 233 Å². The molecule has 0 aliphatic heterocycles. The molecule has 0 atom stereocenters. The maximum Gasteiger partial charge on any atom is 0.259 e. The fourth-order valence-electron chi connectivity index (χ4n) is 3.72. The molecule has 1 heterocycles. The first-order valence-corrected chi connectivity index (χ1v) is 12.5. The fourth-order valence-corrected chi connectivity index (χ4v) is 3.83. The predicted octanol–water partition coefficient (Wildman–Crippen LogP) is 4.44. The summed E-state index contributed by atoms with van der Waals surface area (Å²) in [6.45, 7) is 1.67. The molecule has 0 aliphatic rings. The predicted molar refractivity (Wildman–Crippen MR) is 155 cm³/mol. The van der Waals surface area contributed by atoms with E-state index in [-0.39, 0.29) is 22.8 Å². The Balaban J connectivity index is 1.81. The molecule has 10 heteroatoms. The number of amidine groups is 1. The number of methoxy groups -OCH3 is 1. The number of carbonyl (C=O) groups excluding carboxylic acids is 2. The molecule has 2 amide bonds. The van der Waals surface area contributed by atoms with Crippen molar-refractivity contribution in [3.8, 4) is 18.1 Å². The first-order valence-electron chi connectivity index (χ1n) is 12.1. The van der Waals surface area contributed by atoms with E-state index in [0.717, 1.165) is 19.5 Å². The number of hydrogen-bond acceptors (Lipinski definition) is 6. The summed E-state index contributed by atoms with van der Waals surface area (Å²) in [7, 11) is 7.32. The molecular formula is C29H31ClN6O3. The molecule has 0 unspecified atom stereocenters. The van der Waals surface area contributed by atoms with E-state index in [1.54, 1.807) is 42.5 Å². The molecule has 2 aromatic carbocycles. The van der Waals surface area contributed by atoms with Crippen LogP contribution in [0.15, 0.2) is 54.7 Å². The third kappa shape index (κ3) is 7.80. The minimum atomic E-state index is -0.545. The molecule has 0 saturated carbocycles. The largest absolute Gasteiger partial charge is 0.495 e. The van der Waals surface area contributed by atoms with E-state index in [2.05, 4.69) is 26.4 Å². The number of rotatable bonds is 10. The highest BCUT2D eigenvalue weighted by atomic mass is 35.5. The molecule has 0 aliphatic carbocycles. The van der Waals surface area contributed by atoms with Gasteiger partial charge in [0.2, 0.25) is 0 Å². The zero-order valence-electron chi connectivity index (χ0n) is 22.3. The summed E-state index contributed by atoms with van der Waals surface area (Å²) < 4.78 is 5.45. The van der Waals surface area contributed by atoms with Gasteiger partial charge in [0.1, 0.15) is 17.4 Å². The highest BCUT2D eigenvalue weighted by Gasteiger charge is 2.21. The Morgan fingerprint density at radius 2 is 1.72 bits per heavy atom. The molecule has 39 heavy (non-hydrogen) atoms. The molecule has 9 nitrogen and oxygen atoms in total. The zero-order chi connectivity index (χ0) is 28.5. The molecule has 3 rings (SSSR count). The van der Waals surface area contributed by atoms with Crippen LogP contribution in [0.1, 0.15) is 38.3 Å². The van der Waals surface area contributed by atoms with Gasteiger partial charge in [-0.2, -0.15) is 0 Å². The molecule has 3 N–H and O–H groups in total. The van der Waals surface area contributed by atoms with Gasteiger partial charge in [0.05, 0.1) is 23.4 Å². The monoisotopic (exact) mass is 546 g/mol. The van der Waals surface area contributed by atoms with Crippen molar-refractivity contribution in [2.24, 2.45) is 0 Å². The van der Waals surface area contributed by atoms with Crippen molar-refractivity contribution in [2.45, 2.75) is 6.42 Å². The van der Waals surface area contributed by atoms with E-state index >= 15 is 0 Å². The number of ether oxygens (including phenoxy) is 1. The first kappa shape index (κ1) is 29.2. The molecule has 0 spiro atoms. The molecule has 0 radical (unpaired) electrons. The van der Waals surface area contributed by atoms with Crippen molar-refractivity contribution in [3.05, 3.63) is 82.0 Å². The quantitative estimate of drug-likeness (QED) is 0.197. The average Bonchev–Trinajstić information content (AvgIpc) is 2.93. The number of halogens is 1. The SMILES string of the molecule is C#Cc1cc(OC)c(NC(=O)c2ccc(C(=N)N(C)CCCN(C)C)cc2)c(C(=O)Nc2ccc(Cl)cn2)c1. The summed E-state index contributed by atoms with van der Waals surface area (Å²) in [5, 5.41) is 14.4. The maximum atomic E-state index is 13.2. The van der Waals surface area contributed by atoms with Crippen LogP contribution in [0.4, 0.5) is 11.5 Å². The van der Waals surface area contributed by atoms with Crippen LogP contribution in [0.25, 0.3) is 0 Å². The summed E-state index contributed by atoms with van der Waals surface area (Å²) in [6.07, 6.45) is 7.91. The number of benzene rings is 2. The summed E-state index contributed by atoms with van der Waals surface area (Å²) in [6, 6.07) is 12.9. The third-order valence-electron chi connectivity index (χ3n) is 5.84. The highest BCUT2D eigenvalue weighted by molar-refractivity contribution is 6.30. The standard InChI is InChI=1S/C29H31ClN6O3/c1-6-19-16-23(29(38)33-25-13-12-22(30)18-32-25)26(24(17-19)39-5)34-28(37)21-10-8-20(9-11-21)27(31)36(4)15-7-14-35(2)3/h1,8-13,16-18,31H,7,14-15H2,2-5H3,(H,34,37)(H,32,33,38). The highest BCUT2D eigenvalue weighted by Crippen LogP contribution is 2.31. The summed E-state index contributed by atoms with van der Waals surface area (Å²) in [4.78, 5) is 34.4. The first-order chi connectivity index (χ1) is 18.6. The number of pyridine rings is 1. The molecule has 0 saturated heterocycles. The number of nitrogens with one attached hydrogen (secondary N) is 3. The third-order valence-corrected chi connectivity index (χ3v) is 6.07. The lowest BCUT2D eigenvalue weighted by Gasteiger charge is -2.21. The Bertz CT molecular complexity index is 1380. The second-order valence-corrected chi connectivity index (χ2v) is 9.46. The number of amides is 2. The van der Waals surface area contributed by atoms with Crippen molar-refractivity contribution in [1.82, 2.24) is 14.8 Å². The summed E-state index contributed by atoms with van der Waals surface area (Å²) in [5.74, 6) is 2.35. The van der Waals surface area contributed by atoms with E-state index in [9.17, 15) is 9.59 Å². The number of hydrogen-bond donors (Lipinski definition) is 3. The Kier molecular flexibility index (Phi) is 10.0. The molecule has 0 bridgehead atoms. The Hall–Kier alpha value is -4.39. The van der Waals surface area contributed by atoms with Gasteiger partial charge in [0.25, 0.3) is 11.8 Å². The lowest BCUT2D eigenvalue weighted by molar-refractivity contribution is 0.102. The molecular weight excluding hydrogens is 516 g/mol. The Morgan fingerprint density at radius 3 is 2.31 bits per heavy atom. The number of terminal acetylenes is 1. The van der Waals surface area contributed by atoms with Gasteiger partial charge in [0.15, 0.2) is 0 Å². The maximum absolute atomic E-state index is 13.2. The van der Waals surface area contributed by atoms with Gasteiger partial charge in [0, 0.05) is 36.5 Å². The fraction of sp³-hybridized carbons (Fsp3) is 0.241. The van der Waals surface area contributed by atoms with Gasteiger partial charge in [-0.05, 0) is 63.5 Å². The van der Waals surface area contributed by atoms with Crippen molar-refractivity contribution in [1.29, 1.82) is 5.41 Å². The van der Waals surface area contributed by atoms with E-state index < -0.39 is 11.8 Å². The van der Waals surface area contributed by atoms with Crippen molar-refractivity contribution in [2.75, 3.05) is 52.0 Å². The smallest absolute Gasteiger partial charge is 0.259 e. The topological polar surface area (TPSA) is 111 Å². The minimum absolute atomic E-state index is 0.102. The number of carbonyl (C=O) groups is 2. The van der Waals surface area contributed by atoms with Crippen LogP contribution in [-0.2, 0) is 0 Å². The summed E-state index contributed by atoms with van der Waals surface area (Å²) in [5.41, 5.74) is 1.69. The van der Waals surface area contributed by atoms with Crippen LogP contribution in [0, 0.1) is 17.8 Å². The van der Waals surface area contributed by atoms with Crippen LogP contribution in [0.5, 0.6) is 5.75 Å². The molecule has 202 valence electrons. The normalized spacial score (nSPS) is 10.5. The van der Waals surface area contributed by atoms with E-state index in [1.165, 1.54) is 19.4 Å². The van der Waals surface area contributed by atoms with Gasteiger partial charge < -0.3 is 25.2 Å². The second kappa shape index (κ2) is 13.4. The van der Waals surface area contributed by atoms with Gasteiger partial charge in [-0.15, -0.1) is 6.42 Å². The van der Waals surface area contributed by atoms with Crippen molar-refractivity contribution >= 4 is 40.8 Å². The number of aromatic nitrogens is 1. The lowest BCUT2D eigenvalue weighted by Crippen LogP contribution is -2.29. The number of nitrogens with zero attached hydrogens (tertiary/aromatic N) is 3. The average molecular weight is 547 g/mol. The van der Waals surface area contributed by atoms with Gasteiger partial charge in [-0.1, -0.05) is 29.7 Å². The van der Waals surface area contributed by atoms with Gasteiger partial charge in [-0.3, -0.25) is 15.0 Å². The molecule has 1 aromatic heterocycles. The van der Waals surface area contributed by atoms with Crippen molar-refractivity contribution < 1.29 is 14.3 Å². The zero-order valence-corrected chi connectivity index (χ0v) is 23.1. The van der Waals surface area contributed by atoms with Crippen LogP contribution in [0.2, 0.25) is 5.02 Å². The van der Waals surface area contributed by atoms with Crippen LogP contribution in [0.3, 0.4) is 0 Å². The van der Waals surface area contributed by atoms with Gasteiger partial charge >= 0.3 is 0 Å². The van der Waals surface area contributed by atoms with E-state index in [0.29, 0.717) is 27.5 Å². The molecule has 3 aromatic rings. The Morgan fingerprint density at radius 1 is 1.03 bits per heavy atom. The van der Waals surface area contributed by atoms with E-state index in [4.69, 9.17) is 28.2 Å². The number of anilines is 2. The van der Waals surface area contributed by atoms with Crippen LogP contribution >= 0.6 is 11.6 Å². The van der Waals surface area contributed by atoms with Crippen LogP contribution < -0.4 is 15.4 Å². The summed E-state index contributed by atoms with van der Waals surface area (Å²) >= 11 is 5.88. The lowest BCUT2D eigenvalue weighted by atomic mass is 10.1.